The molecule has 0 amide bonds. The van der Waals surface area contributed by atoms with E-state index in [1.807, 2.05) is 0 Å². The van der Waals surface area contributed by atoms with Crippen molar-refractivity contribution >= 4 is 0 Å². The Labute approximate surface area is 132 Å². The number of aliphatic hydroxyl groups excluding tert-OH is 1. The molecular weight excluding hydrogens is 262 g/mol. The number of ether oxygens (including phenoxy) is 1. The third-order valence-corrected chi connectivity index (χ3v) is 3.97. The molecule has 0 spiro atoms. The zero-order chi connectivity index (χ0) is 15.9. The average molecular weight is 302 g/mol. The van der Waals surface area contributed by atoms with E-state index < -0.39 is 0 Å². The van der Waals surface area contributed by atoms with Crippen molar-refractivity contribution in [1.82, 2.24) is 5.32 Å². The van der Waals surface area contributed by atoms with Gasteiger partial charge < -0.3 is 15.2 Å². The van der Waals surface area contributed by atoms with E-state index in [-0.39, 0.29) is 6.10 Å². The Bertz CT molecular complexity index is 209. The van der Waals surface area contributed by atoms with E-state index in [2.05, 4.69) is 33.0 Å². The summed E-state index contributed by atoms with van der Waals surface area (Å²) in [6.45, 7) is 11.9. The van der Waals surface area contributed by atoms with Crippen LogP contribution in [-0.2, 0) is 4.74 Å². The second kappa shape index (κ2) is 14.8. The number of unbranched alkanes of at least 4 members (excludes halogenated alkanes) is 2. The first kappa shape index (κ1) is 20.9. The molecule has 2 N–H and O–H groups in total. The van der Waals surface area contributed by atoms with Crippen LogP contribution < -0.4 is 5.32 Å². The summed E-state index contributed by atoms with van der Waals surface area (Å²) < 4.78 is 5.67. The fourth-order valence-electron chi connectivity index (χ4n) is 2.40. The maximum absolute atomic E-state index is 9.87. The predicted octanol–water partition coefficient (Wildman–Crippen LogP) is 4.00. The number of aliphatic hydroxyl groups is 1. The highest BCUT2D eigenvalue weighted by Crippen LogP contribution is 2.12. The van der Waals surface area contributed by atoms with Crippen molar-refractivity contribution in [2.45, 2.75) is 78.7 Å². The predicted molar refractivity (Wildman–Crippen MR) is 91.7 cm³/mol. The Balaban J connectivity index is 3.42. The molecule has 0 aliphatic rings. The van der Waals surface area contributed by atoms with Crippen molar-refractivity contribution in [2.24, 2.45) is 11.8 Å². The standard InChI is InChI=1S/C18H39NO2/c1-5-7-11-17(6-2)14-21-15-18(20)13-19-12-9-8-10-16(3)4/h16-20H,5-15H2,1-4H3. The van der Waals surface area contributed by atoms with Crippen LogP contribution >= 0.6 is 0 Å². The number of hydrogen-bond donors (Lipinski definition) is 2. The fourth-order valence-corrected chi connectivity index (χ4v) is 2.40. The van der Waals surface area contributed by atoms with Gasteiger partial charge in [0.1, 0.15) is 0 Å². The quantitative estimate of drug-likeness (QED) is 0.449. The van der Waals surface area contributed by atoms with Crippen LogP contribution in [0.3, 0.4) is 0 Å². The first-order valence-corrected chi connectivity index (χ1v) is 9.06. The van der Waals surface area contributed by atoms with Crippen molar-refractivity contribution in [3.8, 4) is 0 Å². The summed E-state index contributed by atoms with van der Waals surface area (Å²) in [4.78, 5) is 0. The molecule has 3 heteroatoms. The Hall–Kier alpha value is -0.120. The van der Waals surface area contributed by atoms with Crippen molar-refractivity contribution in [3.05, 3.63) is 0 Å². The molecule has 0 rings (SSSR count). The Morgan fingerprint density at radius 1 is 1.00 bits per heavy atom. The summed E-state index contributed by atoms with van der Waals surface area (Å²) in [5, 5.41) is 13.2. The molecule has 0 aromatic heterocycles. The second-order valence-electron chi connectivity index (χ2n) is 6.70. The molecule has 128 valence electrons. The molecule has 0 radical (unpaired) electrons. The number of rotatable bonds is 15. The van der Waals surface area contributed by atoms with Gasteiger partial charge in [0.15, 0.2) is 0 Å². The molecule has 21 heavy (non-hydrogen) atoms. The normalized spacial score (nSPS) is 14.6. The molecule has 2 atom stereocenters. The molecule has 2 unspecified atom stereocenters. The highest BCUT2D eigenvalue weighted by Gasteiger charge is 2.08. The van der Waals surface area contributed by atoms with Crippen molar-refractivity contribution < 1.29 is 9.84 Å². The summed E-state index contributed by atoms with van der Waals surface area (Å²) in [6, 6.07) is 0. The van der Waals surface area contributed by atoms with Gasteiger partial charge in [-0.15, -0.1) is 0 Å². The van der Waals surface area contributed by atoms with Gasteiger partial charge in [0.05, 0.1) is 12.7 Å². The molecule has 0 bridgehead atoms. The lowest BCUT2D eigenvalue weighted by molar-refractivity contribution is 0.0194. The van der Waals surface area contributed by atoms with E-state index in [4.69, 9.17) is 4.74 Å². The van der Waals surface area contributed by atoms with Gasteiger partial charge in [-0.1, -0.05) is 59.8 Å². The van der Waals surface area contributed by atoms with Gasteiger partial charge in [0, 0.05) is 13.2 Å². The van der Waals surface area contributed by atoms with Gasteiger partial charge in [-0.2, -0.15) is 0 Å². The van der Waals surface area contributed by atoms with Gasteiger partial charge in [0.2, 0.25) is 0 Å². The van der Waals surface area contributed by atoms with Crippen LogP contribution in [0.25, 0.3) is 0 Å². The van der Waals surface area contributed by atoms with Crippen LogP contribution in [0.4, 0.5) is 0 Å². The van der Waals surface area contributed by atoms with E-state index in [1.54, 1.807) is 0 Å². The Morgan fingerprint density at radius 2 is 1.76 bits per heavy atom. The third kappa shape index (κ3) is 14.6. The molecule has 0 aliphatic carbocycles. The summed E-state index contributed by atoms with van der Waals surface area (Å²) in [6.07, 6.45) is 8.33. The fraction of sp³-hybridized carbons (Fsp3) is 1.00. The molecular formula is C18H39NO2. The van der Waals surface area contributed by atoms with Crippen molar-refractivity contribution in [1.29, 1.82) is 0 Å². The summed E-state index contributed by atoms with van der Waals surface area (Å²) in [5.74, 6) is 1.45. The monoisotopic (exact) mass is 301 g/mol. The highest BCUT2D eigenvalue weighted by molar-refractivity contribution is 4.61. The topological polar surface area (TPSA) is 41.5 Å². The molecule has 0 heterocycles. The van der Waals surface area contributed by atoms with E-state index >= 15 is 0 Å². The Morgan fingerprint density at radius 3 is 2.38 bits per heavy atom. The summed E-state index contributed by atoms with van der Waals surface area (Å²) in [5.41, 5.74) is 0. The highest BCUT2D eigenvalue weighted by atomic mass is 16.5. The maximum atomic E-state index is 9.87. The van der Waals surface area contributed by atoms with E-state index in [9.17, 15) is 5.11 Å². The van der Waals surface area contributed by atoms with Crippen LogP contribution in [0.15, 0.2) is 0 Å². The largest absolute Gasteiger partial charge is 0.389 e. The summed E-state index contributed by atoms with van der Waals surface area (Å²) in [7, 11) is 0. The zero-order valence-electron chi connectivity index (χ0n) is 14.9. The lowest BCUT2D eigenvalue weighted by atomic mass is 10.0. The maximum Gasteiger partial charge on any atom is 0.0897 e. The minimum absolute atomic E-state index is 0.376. The van der Waals surface area contributed by atoms with Gasteiger partial charge in [-0.3, -0.25) is 0 Å². The molecule has 0 saturated heterocycles. The zero-order valence-corrected chi connectivity index (χ0v) is 14.9. The molecule has 0 fully saturated rings. The minimum Gasteiger partial charge on any atom is -0.389 e. The van der Waals surface area contributed by atoms with Gasteiger partial charge in [0.25, 0.3) is 0 Å². The Kier molecular flexibility index (Phi) is 14.7. The van der Waals surface area contributed by atoms with Crippen LogP contribution in [0.1, 0.15) is 72.6 Å². The van der Waals surface area contributed by atoms with Gasteiger partial charge in [-0.25, -0.2) is 0 Å². The lowest BCUT2D eigenvalue weighted by Crippen LogP contribution is -2.31. The number of nitrogens with one attached hydrogen (secondary N) is 1. The second-order valence-corrected chi connectivity index (χ2v) is 6.70. The molecule has 0 aliphatic heterocycles. The van der Waals surface area contributed by atoms with E-state index in [0.717, 1.165) is 19.1 Å². The van der Waals surface area contributed by atoms with E-state index in [0.29, 0.717) is 19.1 Å². The molecule has 3 nitrogen and oxygen atoms in total. The smallest absolute Gasteiger partial charge is 0.0897 e. The van der Waals surface area contributed by atoms with Crippen LogP contribution in [-0.4, -0.2) is 37.5 Å². The van der Waals surface area contributed by atoms with Crippen molar-refractivity contribution in [2.75, 3.05) is 26.3 Å². The molecule has 0 aromatic carbocycles. The SMILES string of the molecule is CCCCC(CC)COCC(O)CNCCCCC(C)C. The molecule has 0 aromatic rings. The lowest BCUT2D eigenvalue weighted by Gasteiger charge is -2.17. The summed E-state index contributed by atoms with van der Waals surface area (Å²) >= 11 is 0. The van der Waals surface area contributed by atoms with Crippen molar-refractivity contribution in [3.63, 3.8) is 0 Å². The first-order valence-electron chi connectivity index (χ1n) is 9.06. The first-order chi connectivity index (χ1) is 10.1. The minimum atomic E-state index is -0.376. The number of hydrogen-bond acceptors (Lipinski definition) is 3. The van der Waals surface area contributed by atoms with E-state index in [1.165, 1.54) is 44.9 Å². The van der Waals surface area contributed by atoms with Gasteiger partial charge in [-0.05, 0) is 31.2 Å². The van der Waals surface area contributed by atoms with Crippen LogP contribution in [0.2, 0.25) is 0 Å². The molecule has 0 saturated carbocycles. The average Bonchev–Trinajstić information content (AvgIpc) is 2.46. The van der Waals surface area contributed by atoms with Gasteiger partial charge >= 0.3 is 0 Å². The third-order valence-electron chi connectivity index (χ3n) is 3.97. The van der Waals surface area contributed by atoms with Crippen LogP contribution in [0.5, 0.6) is 0 Å². The van der Waals surface area contributed by atoms with Crippen LogP contribution in [0, 0.1) is 11.8 Å².